The molecule has 3 nitrogen and oxygen atoms in total. The van der Waals surface area contributed by atoms with Crippen LogP contribution in [0.4, 0.5) is 8.78 Å². The summed E-state index contributed by atoms with van der Waals surface area (Å²) in [6, 6.07) is 0. The van der Waals surface area contributed by atoms with Crippen molar-refractivity contribution in [3.05, 3.63) is 0 Å². The molecule has 0 radical (unpaired) electrons. The number of hydrogen-bond donors (Lipinski definition) is 0. The van der Waals surface area contributed by atoms with Gasteiger partial charge in [0.05, 0.1) is 6.54 Å². The zero-order valence-electron chi connectivity index (χ0n) is 13.5. The van der Waals surface area contributed by atoms with Gasteiger partial charge in [0, 0.05) is 38.6 Å². The lowest BCUT2D eigenvalue weighted by atomic mass is 9.92. The maximum absolute atomic E-state index is 13.9. The molecular formula is C15H31F2N3. The molecule has 2 fully saturated rings. The lowest BCUT2D eigenvalue weighted by Gasteiger charge is -2.41. The molecule has 0 spiro atoms. The molecule has 0 saturated carbocycles. The third-order valence-corrected chi connectivity index (χ3v) is 4.33. The van der Waals surface area contributed by atoms with Crippen LogP contribution in [0.25, 0.3) is 0 Å². The monoisotopic (exact) mass is 291 g/mol. The molecule has 5 heteroatoms. The van der Waals surface area contributed by atoms with E-state index < -0.39 is 11.8 Å². The molecule has 1 unspecified atom stereocenters. The van der Waals surface area contributed by atoms with Gasteiger partial charge < -0.3 is 14.7 Å². The minimum atomic E-state index is -2.52. The first-order chi connectivity index (χ1) is 9.51. The van der Waals surface area contributed by atoms with E-state index in [9.17, 15) is 8.78 Å². The average Bonchev–Trinajstić information content (AvgIpc) is 2.44. The Balaban J connectivity index is 0.000000956. The predicted octanol–water partition coefficient (Wildman–Crippen LogP) is 2.24. The fourth-order valence-electron chi connectivity index (χ4n) is 2.98. The smallest absolute Gasteiger partial charge is 0.264 e. The van der Waals surface area contributed by atoms with Crippen molar-refractivity contribution in [1.82, 2.24) is 14.7 Å². The van der Waals surface area contributed by atoms with Crippen LogP contribution in [0, 0.1) is 5.92 Å². The fourth-order valence-corrected chi connectivity index (χ4v) is 2.98. The maximum Gasteiger partial charge on any atom is 0.264 e. The topological polar surface area (TPSA) is 9.72 Å². The second-order valence-corrected chi connectivity index (χ2v) is 5.72. The van der Waals surface area contributed by atoms with Gasteiger partial charge in [0.15, 0.2) is 0 Å². The number of likely N-dealkylation sites (N-methyl/N-ethyl adjacent to an activating group) is 1. The summed E-state index contributed by atoms with van der Waals surface area (Å²) in [5, 5.41) is 0. The molecule has 2 aliphatic heterocycles. The van der Waals surface area contributed by atoms with Crippen molar-refractivity contribution in [1.29, 1.82) is 0 Å². The molecule has 0 aliphatic carbocycles. The summed E-state index contributed by atoms with van der Waals surface area (Å²) in [7, 11) is 1.78. The first kappa shape index (κ1) is 17.8. The Kier molecular flexibility index (Phi) is 7.34. The van der Waals surface area contributed by atoms with Gasteiger partial charge in [-0.15, -0.1) is 0 Å². The Bertz CT molecular complexity index is 266. The highest BCUT2D eigenvalue weighted by atomic mass is 19.3. The minimum absolute atomic E-state index is 0.0768. The number of hydrogen-bond acceptors (Lipinski definition) is 3. The highest BCUT2D eigenvalue weighted by Crippen LogP contribution is 2.33. The second kappa shape index (κ2) is 8.25. The number of rotatable bonds is 3. The molecule has 2 saturated heterocycles. The maximum atomic E-state index is 13.9. The van der Waals surface area contributed by atoms with E-state index in [1.807, 2.05) is 13.8 Å². The standard InChI is InChI=1S/C13H25F2N3.C2H6/c1-3-17-6-8-18(9-7-17)10-12-4-5-16(2)11-13(12,14)15;1-2/h12H,3-11H2,1-2H3;1-2H3. The summed E-state index contributed by atoms with van der Waals surface area (Å²) < 4.78 is 27.9. The molecule has 0 amide bonds. The van der Waals surface area contributed by atoms with Crippen LogP contribution in [0.1, 0.15) is 27.2 Å². The molecule has 0 bridgehead atoms. The van der Waals surface area contributed by atoms with Crippen LogP contribution in [0.2, 0.25) is 0 Å². The summed E-state index contributed by atoms with van der Waals surface area (Å²) in [5.41, 5.74) is 0. The van der Waals surface area contributed by atoms with E-state index in [1.165, 1.54) is 0 Å². The summed E-state index contributed by atoms with van der Waals surface area (Å²) in [6.07, 6.45) is 0.623. The first-order valence-corrected chi connectivity index (χ1v) is 8.02. The Morgan fingerprint density at radius 3 is 2.05 bits per heavy atom. The lowest BCUT2D eigenvalue weighted by molar-refractivity contribution is -0.115. The van der Waals surface area contributed by atoms with Crippen LogP contribution in [0.3, 0.4) is 0 Å². The third-order valence-electron chi connectivity index (χ3n) is 4.33. The summed E-state index contributed by atoms with van der Waals surface area (Å²) in [4.78, 5) is 6.34. The lowest BCUT2D eigenvalue weighted by Crippen LogP contribution is -2.53. The molecule has 1 atom stereocenters. The van der Waals surface area contributed by atoms with Crippen molar-refractivity contribution < 1.29 is 8.78 Å². The molecule has 0 aromatic heterocycles. The van der Waals surface area contributed by atoms with E-state index in [1.54, 1.807) is 11.9 Å². The van der Waals surface area contributed by atoms with Crippen LogP contribution >= 0.6 is 0 Å². The van der Waals surface area contributed by atoms with Crippen LogP contribution in [-0.4, -0.2) is 80.0 Å². The Hall–Kier alpha value is -0.260. The highest BCUT2D eigenvalue weighted by Gasteiger charge is 2.44. The first-order valence-electron chi connectivity index (χ1n) is 8.02. The van der Waals surface area contributed by atoms with Crippen LogP contribution in [0.15, 0.2) is 0 Å². The Morgan fingerprint density at radius 2 is 1.55 bits per heavy atom. The molecular weight excluding hydrogens is 260 g/mol. The van der Waals surface area contributed by atoms with Crippen LogP contribution in [0.5, 0.6) is 0 Å². The van der Waals surface area contributed by atoms with Gasteiger partial charge in [-0.1, -0.05) is 20.8 Å². The molecule has 120 valence electrons. The van der Waals surface area contributed by atoms with E-state index in [4.69, 9.17) is 0 Å². The van der Waals surface area contributed by atoms with Crippen molar-refractivity contribution in [2.45, 2.75) is 33.1 Å². The zero-order valence-corrected chi connectivity index (χ0v) is 13.5. The van der Waals surface area contributed by atoms with Gasteiger partial charge in [0.1, 0.15) is 0 Å². The molecule has 2 rings (SSSR count). The fraction of sp³-hybridized carbons (Fsp3) is 1.00. The summed E-state index contributed by atoms with van der Waals surface area (Å²) >= 11 is 0. The predicted molar refractivity (Wildman–Crippen MR) is 80.5 cm³/mol. The van der Waals surface area contributed by atoms with Gasteiger partial charge in [-0.25, -0.2) is 8.78 Å². The van der Waals surface area contributed by atoms with E-state index in [0.717, 1.165) is 39.3 Å². The zero-order chi connectivity index (χ0) is 15.2. The van der Waals surface area contributed by atoms with Crippen molar-refractivity contribution in [2.24, 2.45) is 5.92 Å². The van der Waals surface area contributed by atoms with Gasteiger partial charge in [-0.3, -0.25) is 0 Å². The molecule has 0 aromatic rings. The SMILES string of the molecule is CC.CCN1CCN(CC2CCN(C)CC2(F)F)CC1. The molecule has 20 heavy (non-hydrogen) atoms. The number of piperazine rings is 1. The van der Waals surface area contributed by atoms with Crippen LogP contribution in [-0.2, 0) is 0 Å². The summed E-state index contributed by atoms with van der Waals surface area (Å²) in [6.45, 7) is 12.4. The van der Waals surface area contributed by atoms with Gasteiger partial charge >= 0.3 is 0 Å². The van der Waals surface area contributed by atoms with E-state index >= 15 is 0 Å². The number of likely N-dealkylation sites (tertiary alicyclic amines) is 1. The number of alkyl halides is 2. The number of nitrogens with zero attached hydrogens (tertiary/aromatic N) is 3. The Labute approximate surface area is 122 Å². The van der Waals surface area contributed by atoms with E-state index in [-0.39, 0.29) is 6.54 Å². The molecule has 2 heterocycles. The van der Waals surface area contributed by atoms with Gasteiger partial charge in [0.25, 0.3) is 5.92 Å². The van der Waals surface area contributed by atoms with Gasteiger partial charge in [0.2, 0.25) is 0 Å². The largest absolute Gasteiger partial charge is 0.301 e. The van der Waals surface area contributed by atoms with E-state index in [0.29, 0.717) is 13.0 Å². The normalized spacial score (nSPS) is 28.8. The minimum Gasteiger partial charge on any atom is -0.301 e. The number of piperidine rings is 1. The number of halogens is 2. The molecule has 0 N–H and O–H groups in total. The second-order valence-electron chi connectivity index (χ2n) is 5.72. The van der Waals surface area contributed by atoms with Gasteiger partial charge in [-0.2, -0.15) is 0 Å². The summed E-state index contributed by atoms with van der Waals surface area (Å²) in [5.74, 6) is -2.98. The van der Waals surface area contributed by atoms with Crippen molar-refractivity contribution in [3.63, 3.8) is 0 Å². The van der Waals surface area contributed by atoms with Crippen molar-refractivity contribution in [2.75, 3.05) is 59.4 Å². The Morgan fingerprint density at radius 1 is 1.00 bits per heavy atom. The third kappa shape index (κ3) is 4.93. The molecule has 2 aliphatic rings. The quantitative estimate of drug-likeness (QED) is 0.789. The van der Waals surface area contributed by atoms with E-state index in [2.05, 4.69) is 16.7 Å². The molecule has 0 aromatic carbocycles. The van der Waals surface area contributed by atoms with Crippen LogP contribution < -0.4 is 0 Å². The van der Waals surface area contributed by atoms with Crippen molar-refractivity contribution in [3.8, 4) is 0 Å². The average molecular weight is 291 g/mol. The van der Waals surface area contributed by atoms with Crippen molar-refractivity contribution >= 4 is 0 Å². The highest BCUT2D eigenvalue weighted by molar-refractivity contribution is 4.88. The van der Waals surface area contributed by atoms with Gasteiger partial charge in [-0.05, 0) is 26.6 Å².